The highest BCUT2D eigenvalue weighted by atomic mass is 16.5. The summed E-state index contributed by atoms with van der Waals surface area (Å²) < 4.78 is 10.9. The molecule has 0 bridgehead atoms. The summed E-state index contributed by atoms with van der Waals surface area (Å²) in [5, 5.41) is 10.5. The van der Waals surface area contributed by atoms with E-state index >= 15 is 0 Å². The molecule has 0 radical (unpaired) electrons. The molecule has 2 N–H and O–H groups in total. The van der Waals surface area contributed by atoms with Crippen LogP contribution in [0.1, 0.15) is 0 Å². The summed E-state index contributed by atoms with van der Waals surface area (Å²) in [5.74, 6) is 1.97. The maximum absolute atomic E-state index is 5.48. The number of aromatic nitrogens is 4. The fourth-order valence-corrected chi connectivity index (χ4v) is 3.59. The first-order chi connectivity index (χ1) is 14.8. The third-order valence-corrected chi connectivity index (χ3v) is 5.15. The Morgan fingerprint density at radius 3 is 2.63 bits per heavy atom. The van der Waals surface area contributed by atoms with Crippen molar-refractivity contribution in [3.63, 3.8) is 0 Å². The zero-order valence-corrected chi connectivity index (χ0v) is 16.6. The second-order valence-corrected chi connectivity index (χ2v) is 7.00. The van der Waals surface area contributed by atoms with Crippen LogP contribution in [-0.2, 0) is 4.74 Å². The van der Waals surface area contributed by atoms with Crippen LogP contribution in [-0.4, -0.2) is 53.6 Å². The second-order valence-electron chi connectivity index (χ2n) is 7.00. The molecule has 4 aromatic rings. The largest absolute Gasteiger partial charge is 0.496 e. The van der Waals surface area contributed by atoms with Gasteiger partial charge in [0.2, 0.25) is 0 Å². The number of para-hydroxylation sites is 1. The smallest absolute Gasteiger partial charge is 0.166 e. The molecule has 1 aliphatic heterocycles. The van der Waals surface area contributed by atoms with Gasteiger partial charge in [-0.25, -0.2) is 9.97 Å². The number of rotatable bonds is 5. The quantitative estimate of drug-likeness (QED) is 0.527. The molecule has 0 saturated carbocycles. The van der Waals surface area contributed by atoms with Crippen molar-refractivity contribution < 1.29 is 9.47 Å². The molecule has 0 aliphatic carbocycles. The Morgan fingerprint density at radius 2 is 1.83 bits per heavy atom. The van der Waals surface area contributed by atoms with Gasteiger partial charge in [-0.3, -0.25) is 5.10 Å². The van der Waals surface area contributed by atoms with Crippen LogP contribution in [0.2, 0.25) is 0 Å². The first-order valence-corrected chi connectivity index (χ1v) is 9.86. The zero-order chi connectivity index (χ0) is 20.3. The summed E-state index contributed by atoms with van der Waals surface area (Å²) in [5.41, 5.74) is 4.44. The number of ether oxygens (including phenoxy) is 2. The third-order valence-electron chi connectivity index (χ3n) is 5.15. The van der Waals surface area contributed by atoms with Crippen molar-refractivity contribution in [1.29, 1.82) is 0 Å². The van der Waals surface area contributed by atoms with Gasteiger partial charge in [0.1, 0.15) is 16.8 Å². The minimum Gasteiger partial charge on any atom is -0.496 e. The fourth-order valence-electron chi connectivity index (χ4n) is 3.59. The van der Waals surface area contributed by atoms with Crippen molar-refractivity contribution in [2.75, 3.05) is 43.6 Å². The van der Waals surface area contributed by atoms with E-state index in [1.807, 2.05) is 24.3 Å². The van der Waals surface area contributed by atoms with Crippen LogP contribution < -0.4 is 15.0 Å². The molecular formula is C22H22N6O2. The van der Waals surface area contributed by atoms with E-state index in [0.717, 1.165) is 54.3 Å². The molecule has 2 aromatic heterocycles. The second kappa shape index (κ2) is 8.00. The summed E-state index contributed by atoms with van der Waals surface area (Å²) in [6.07, 6.45) is 1.70. The molecule has 0 spiro atoms. The average Bonchev–Trinajstić information content (AvgIpc) is 3.29. The lowest BCUT2D eigenvalue weighted by molar-refractivity contribution is 0.122. The van der Waals surface area contributed by atoms with E-state index in [9.17, 15) is 0 Å². The lowest BCUT2D eigenvalue weighted by Crippen LogP contribution is -2.36. The van der Waals surface area contributed by atoms with E-state index in [-0.39, 0.29) is 0 Å². The van der Waals surface area contributed by atoms with E-state index in [1.165, 1.54) is 5.69 Å². The molecule has 152 valence electrons. The van der Waals surface area contributed by atoms with Gasteiger partial charge in [0, 0.05) is 24.5 Å². The minimum absolute atomic E-state index is 0.578. The Bertz CT molecular complexity index is 1150. The Hall–Kier alpha value is -3.65. The summed E-state index contributed by atoms with van der Waals surface area (Å²) in [6, 6.07) is 16.0. The van der Waals surface area contributed by atoms with Gasteiger partial charge in [0.05, 0.1) is 32.1 Å². The highest BCUT2D eigenvalue weighted by molar-refractivity contribution is 5.89. The fraction of sp³-hybridized carbons (Fsp3) is 0.227. The van der Waals surface area contributed by atoms with E-state index in [0.29, 0.717) is 11.6 Å². The molecule has 0 unspecified atom stereocenters. The van der Waals surface area contributed by atoms with Gasteiger partial charge in [-0.05, 0) is 36.4 Å². The highest BCUT2D eigenvalue weighted by Gasteiger charge is 2.15. The standard InChI is InChI=1S/C22H22N6O2/c1-29-19-5-3-2-4-17(19)21-25-18-14-23-27-20(18)22(26-21)24-15-6-8-16(9-7-15)28-10-12-30-13-11-28/h2-9,14H,10-13H2,1H3,(H,23,27)(H,24,25,26). The van der Waals surface area contributed by atoms with Crippen molar-refractivity contribution in [2.24, 2.45) is 0 Å². The topological polar surface area (TPSA) is 88.2 Å². The number of fused-ring (bicyclic) bond motifs is 1. The molecule has 3 heterocycles. The van der Waals surface area contributed by atoms with Crippen LogP contribution >= 0.6 is 0 Å². The number of hydrogen-bond donors (Lipinski definition) is 2. The van der Waals surface area contributed by atoms with Gasteiger partial charge in [-0.2, -0.15) is 5.10 Å². The molecule has 0 amide bonds. The number of anilines is 3. The number of H-pyrrole nitrogens is 1. The number of benzene rings is 2. The predicted octanol–water partition coefficient (Wildman–Crippen LogP) is 3.61. The van der Waals surface area contributed by atoms with Crippen LogP contribution in [0.5, 0.6) is 5.75 Å². The number of nitrogens with zero attached hydrogens (tertiary/aromatic N) is 4. The van der Waals surface area contributed by atoms with Gasteiger partial charge in [0.25, 0.3) is 0 Å². The lowest BCUT2D eigenvalue weighted by Gasteiger charge is -2.28. The SMILES string of the molecule is COc1ccccc1-c1nc(Nc2ccc(N3CCOCC3)cc2)c2[nH]ncc2n1. The monoisotopic (exact) mass is 402 g/mol. The number of morpholine rings is 1. The van der Waals surface area contributed by atoms with Gasteiger partial charge in [0.15, 0.2) is 11.6 Å². The van der Waals surface area contributed by atoms with Crippen LogP contribution in [0.25, 0.3) is 22.4 Å². The Balaban J connectivity index is 1.47. The first-order valence-electron chi connectivity index (χ1n) is 9.86. The lowest BCUT2D eigenvalue weighted by atomic mass is 10.2. The summed E-state index contributed by atoms with van der Waals surface area (Å²) in [6.45, 7) is 3.36. The summed E-state index contributed by atoms with van der Waals surface area (Å²) in [4.78, 5) is 11.7. The van der Waals surface area contributed by atoms with Crippen LogP contribution in [0.15, 0.2) is 54.7 Å². The van der Waals surface area contributed by atoms with E-state index in [1.54, 1.807) is 13.3 Å². The van der Waals surface area contributed by atoms with Gasteiger partial charge in [-0.15, -0.1) is 0 Å². The molecular weight excluding hydrogens is 380 g/mol. The maximum atomic E-state index is 5.48. The van der Waals surface area contributed by atoms with Gasteiger partial charge < -0.3 is 19.7 Å². The van der Waals surface area contributed by atoms with Crippen molar-refractivity contribution in [3.05, 3.63) is 54.7 Å². The Labute approximate surface area is 173 Å². The normalized spacial score (nSPS) is 14.1. The zero-order valence-electron chi connectivity index (χ0n) is 16.6. The molecule has 1 fully saturated rings. The van der Waals surface area contributed by atoms with E-state index in [2.05, 4.69) is 49.7 Å². The predicted molar refractivity (Wildman–Crippen MR) is 116 cm³/mol. The van der Waals surface area contributed by atoms with E-state index in [4.69, 9.17) is 14.5 Å². The van der Waals surface area contributed by atoms with Crippen LogP contribution in [0, 0.1) is 0 Å². The Morgan fingerprint density at radius 1 is 1.03 bits per heavy atom. The van der Waals surface area contributed by atoms with Crippen molar-refractivity contribution in [2.45, 2.75) is 0 Å². The molecule has 2 aromatic carbocycles. The van der Waals surface area contributed by atoms with Crippen molar-refractivity contribution >= 4 is 28.2 Å². The van der Waals surface area contributed by atoms with Gasteiger partial charge >= 0.3 is 0 Å². The highest BCUT2D eigenvalue weighted by Crippen LogP contribution is 2.31. The molecule has 1 saturated heterocycles. The number of nitrogens with one attached hydrogen (secondary N) is 2. The van der Waals surface area contributed by atoms with Crippen molar-refractivity contribution in [3.8, 4) is 17.1 Å². The molecule has 1 aliphatic rings. The summed E-state index contributed by atoms with van der Waals surface area (Å²) in [7, 11) is 1.64. The third kappa shape index (κ3) is 3.53. The maximum Gasteiger partial charge on any atom is 0.166 e. The molecule has 5 rings (SSSR count). The average molecular weight is 402 g/mol. The molecule has 8 nitrogen and oxygen atoms in total. The van der Waals surface area contributed by atoms with Gasteiger partial charge in [-0.1, -0.05) is 12.1 Å². The van der Waals surface area contributed by atoms with Crippen LogP contribution in [0.4, 0.5) is 17.2 Å². The molecule has 0 atom stereocenters. The minimum atomic E-state index is 0.578. The molecule has 8 heteroatoms. The first kappa shape index (κ1) is 18.4. The van der Waals surface area contributed by atoms with E-state index < -0.39 is 0 Å². The summed E-state index contributed by atoms with van der Waals surface area (Å²) >= 11 is 0. The Kier molecular flexibility index (Phi) is 4.90. The molecule has 30 heavy (non-hydrogen) atoms. The van der Waals surface area contributed by atoms with Crippen molar-refractivity contribution in [1.82, 2.24) is 20.2 Å². The number of methoxy groups -OCH3 is 1. The number of aromatic amines is 1. The number of hydrogen-bond acceptors (Lipinski definition) is 7. The van der Waals surface area contributed by atoms with Crippen LogP contribution in [0.3, 0.4) is 0 Å².